The Morgan fingerprint density at radius 2 is 2.11 bits per heavy atom. The number of hydrogen-bond donors (Lipinski definition) is 1. The summed E-state index contributed by atoms with van der Waals surface area (Å²) in [5, 5.41) is 2.69. The van der Waals surface area contributed by atoms with Crippen molar-refractivity contribution in [1.29, 1.82) is 0 Å². The number of carbonyl (C=O) groups is 2. The summed E-state index contributed by atoms with van der Waals surface area (Å²) in [7, 11) is 0. The van der Waals surface area contributed by atoms with Gasteiger partial charge in [0.1, 0.15) is 0 Å². The number of amides is 2. The van der Waals surface area contributed by atoms with Crippen LogP contribution in [0.25, 0.3) is 0 Å². The Hall–Kier alpha value is -1.34. The molecule has 1 saturated heterocycles. The Labute approximate surface area is 119 Å². The average Bonchev–Trinajstić information content (AvgIpc) is 2.86. The highest BCUT2D eigenvalue weighted by Gasteiger charge is 2.17. The molecule has 0 aromatic carbocycles. The molecule has 2 amide bonds. The van der Waals surface area contributed by atoms with Gasteiger partial charge in [0, 0.05) is 26.1 Å². The lowest BCUT2D eigenvalue weighted by atomic mass is 10.3. The molecule has 0 aliphatic carbocycles. The number of nitrogens with zero attached hydrogens (tertiary/aromatic N) is 1. The molecule has 0 spiro atoms. The van der Waals surface area contributed by atoms with E-state index in [-0.39, 0.29) is 11.8 Å². The van der Waals surface area contributed by atoms with E-state index in [0.29, 0.717) is 49.5 Å². The van der Waals surface area contributed by atoms with Crippen molar-refractivity contribution >= 4 is 27.7 Å². The average molecular weight is 331 g/mol. The largest absolute Gasteiger partial charge is 0.457 e. The number of ether oxygens (including phenoxy) is 1. The first-order valence-electron chi connectivity index (χ1n) is 6.05. The molecule has 0 atom stereocenters. The number of halogens is 1. The lowest BCUT2D eigenvalue weighted by Crippen LogP contribution is -2.42. The Balaban J connectivity index is 1.73. The maximum Gasteiger partial charge on any atom is 0.255 e. The summed E-state index contributed by atoms with van der Waals surface area (Å²) >= 11 is 3.13. The van der Waals surface area contributed by atoms with Gasteiger partial charge in [0.15, 0.2) is 4.67 Å². The topological polar surface area (TPSA) is 71.8 Å². The third-order valence-corrected chi connectivity index (χ3v) is 3.46. The van der Waals surface area contributed by atoms with Crippen LogP contribution in [0, 0.1) is 0 Å². The first-order chi connectivity index (χ1) is 9.18. The van der Waals surface area contributed by atoms with Gasteiger partial charge in [-0.05, 0) is 22.0 Å². The van der Waals surface area contributed by atoms with Crippen molar-refractivity contribution in [1.82, 2.24) is 10.2 Å². The van der Waals surface area contributed by atoms with Gasteiger partial charge in [-0.25, -0.2) is 0 Å². The van der Waals surface area contributed by atoms with Crippen LogP contribution in [0.1, 0.15) is 16.8 Å². The van der Waals surface area contributed by atoms with E-state index in [0.717, 1.165) is 0 Å². The summed E-state index contributed by atoms with van der Waals surface area (Å²) in [5.74, 6) is -0.217. The molecule has 0 radical (unpaired) electrons. The molecule has 2 heterocycles. The normalized spacial score (nSPS) is 15.3. The van der Waals surface area contributed by atoms with E-state index < -0.39 is 0 Å². The molecule has 1 fully saturated rings. The highest BCUT2D eigenvalue weighted by molar-refractivity contribution is 9.10. The fraction of sp³-hybridized carbons (Fsp3) is 0.500. The van der Waals surface area contributed by atoms with E-state index in [1.54, 1.807) is 11.0 Å². The molecule has 1 aromatic rings. The highest BCUT2D eigenvalue weighted by Crippen LogP contribution is 2.16. The van der Waals surface area contributed by atoms with Gasteiger partial charge in [-0.2, -0.15) is 0 Å². The Morgan fingerprint density at radius 3 is 2.74 bits per heavy atom. The second kappa shape index (κ2) is 6.72. The summed E-state index contributed by atoms with van der Waals surface area (Å²) in [5.41, 5.74) is 0.429. The van der Waals surface area contributed by atoms with Gasteiger partial charge in [-0.3, -0.25) is 9.59 Å². The zero-order chi connectivity index (χ0) is 13.7. The van der Waals surface area contributed by atoms with Crippen molar-refractivity contribution < 1.29 is 18.7 Å². The summed E-state index contributed by atoms with van der Waals surface area (Å²) < 4.78 is 10.5. The maximum atomic E-state index is 11.8. The van der Waals surface area contributed by atoms with Crippen molar-refractivity contribution in [3.05, 3.63) is 22.6 Å². The molecule has 2 rings (SSSR count). The molecule has 1 aromatic heterocycles. The van der Waals surface area contributed by atoms with Crippen LogP contribution < -0.4 is 5.32 Å². The number of furan rings is 1. The van der Waals surface area contributed by atoms with E-state index in [1.807, 2.05) is 0 Å². The lowest BCUT2D eigenvalue weighted by molar-refractivity contribution is -0.135. The number of carbonyl (C=O) groups excluding carboxylic acids is 2. The molecule has 7 heteroatoms. The molecule has 1 aliphatic heterocycles. The first kappa shape index (κ1) is 14.1. The molecule has 1 aliphatic rings. The molecule has 0 saturated carbocycles. The standard InChI is InChI=1S/C12H15BrN2O4/c13-11-9(2-6-19-11)12(17)14-3-1-10(16)15-4-7-18-8-5-15/h2,6H,1,3-5,7-8H2,(H,14,17). The Morgan fingerprint density at radius 1 is 1.37 bits per heavy atom. The number of rotatable bonds is 4. The van der Waals surface area contributed by atoms with E-state index >= 15 is 0 Å². The molecule has 0 bridgehead atoms. The van der Waals surface area contributed by atoms with Crippen LogP contribution in [0.5, 0.6) is 0 Å². The fourth-order valence-electron chi connectivity index (χ4n) is 1.80. The van der Waals surface area contributed by atoms with E-state index in [1.165, 1.54) is 6.26 Å². The van der Waals surface area contributed by atoms with Crippen molar-refractivity contribution in [3.63, 3.8) is 0 Å². The molecule has 104 valence electrons. The third kappa shape index (κ3) is 3.81. The minimum atomic E-state index is -0.254. The number of morpholine rings is 1. The van der Waals surface area contributed by atoms with Crippen LogP contribution in [0.2, 0.25) is 0 Å². The van der Waals surface area contributed by atoms with E-state index in [4.69, 9.17) is 9.15 Å². The SMILES string of the molecule is O=C(NCCC(=O)N1CCOCC1)c1ccoc1Br. The minimum absolute atomic E-state index is 0.0369. The van der Waals surface area contributed by atoms with Crippen LogP contribution >= 0.6 is 15.9 Å². The van der Waals surface area contributed by atoms with Gasteiger partial charge in [-0.1, -0.05) is 0 Å². The molecular formula is C12H15BrN2O4. The van der Waals surface area contributed by atoms with E-state index in [9.17, 15) is 9.59 Å². The monoisotopic (exact) mass is 330 g/mol. The molecular weight excluding hydrogens is 316 g/mol. The zero-order valence-electron chi connectivity index (χ0n) is 10.4. The summed E-state index contributed by atoms with van der Waals surface area (Å²) in [6, 6.07) is 1.57. The van der Waals surface area contributed by atoms with Gasteiger partial charge in [0.05, 0.1) is 25.0 Å². The van der Waals surface area contributed by atoms with Crippen LogP contribution in [-0.4, -0.2) is 49.6 Å². The second-order valence-electron chi connectivity index (χ2n) is 4.11. The van der Waals surface area contributed by atoms with Crippen molar-refractivity contribution in [2.45, 2.75) is 6.42 Å². The van der Waals surface area contributed by atoms with Crippen LogP contribution in [0.15, 0.2) is 21.4 Å². The maximum absolute atomic E-state index is 11.8. The van der Waals surface area contributed by atoms with Gasteiger partial charge in [-0.15, -0.1) is 0 Å². The van der Waals surface area contributed by atoms with Crippen molar-refractivity contribution in [3.8, 4) is 0 Å². The zero-order valence-corrected chi connectivity index (χ0v) is 11.9. The summed E-state index contributed by atoms with van der Waals surface area (Å²) in [4.78, 5) is 25.3. The van der Waals surface area contributed by atoms with Gasteiger partial charge in [0.2, 0.25) is 5.91 Å². The second-order valence-corrected chi connectivity index (χ2v) is 4.83. The van der Waals surface area contributed by atoms with Crippen LogP contribution in [0.4, 0.5) is 0 Å². The van der Waals surface area contributed by atoms with Gasteiger partial charge in [0.25, 0.3) is 5.91 Å². The third-order valence-electron chi connectivity index (χ3n) is 2.85. The number of hydrogen-bond acceptors (Lipinski definition) is 4. The number of nitrogens with one attached hydrogen (secondary N) is 1. The van der Waals surface area contributed by atoms with Gasteiger partial charge >= 0.3 is 0 Å². The first-order valence-corrected chi connectivity index (χ1v) is 6.84. The van der Waals surface area contributed by atoms with Gasteiger partial charge < -0.3 is 19.4 Å². The van der Waals surface area contributed by atoms with Crippen molar-refractivity contribution in [2.75, 3.05) is 32.8 Å². The minimum Gasteiger partial charge on any atom is -0.457 e. The Kier molecular flexibility index (Phi) is 4.98. The predicted molar refractivity (Wildman–Crippen MR) is 70.8 cm³/mol. The Bertz CT molecular complexity index is 454. The molecule has 19 heavy (non-hydrogen) atoms. The van der Waals surface area contributed by atoms with Crippen LogP contribution in [0.3, 0.4) is 0 Å². The van der Waals surface area contributed by atoms with Crippen LogP contribution in [-0.2, 0) is 9.53 Å². The smallest absolute Gasteiger partial charge is 0.255 e. The molecule has 1 N–H and O–H groups in total. The summed E-state index contributed by atoms with van der Waals surface area (Å²) in [6.45, 7) is 2.73. The molecule has 6 nitrogen and oxygen atoms in total. The quantitative estimate of drug-likeness (QED) is 0.894. The highest BCUT2D eigenvalue weighted by atomic mass is 79.9. The van der Waals surface area contributed by atoms with E-state index in [2.05, 4.69) is 21.2 Å². The van der Waals surface area contributed by atoms with Crippen molar-refractivity contribution in [2.24, 2.45) is 0 Å². The lowest BCUT2D eigenvalue weighted by Gasteiger charge is -2.26. The fourth-order valence-corrected chi connectivity index (χ4v) is 2.22. The molecule has 0 unspecified atom stereocenters. The predicted octanol–water partition coefficient (Wildman–Crippen LogP) is 1.02. The summed E-state index contributed by atoms with van der Waals surface area (Å²) in [6.07, 6.45) is 1.72.